The van der Waals surface area contributed by atoms with Gasteiger partial charge in [-0.15, -0.1) is 0 Å². The van der Waals surface area contributed by atoms with E-state index >= 15 is 0 Å². The van der Waals surface area contributed by atoms with Crippen LogP contribution in [-0.2, 0) is 11.2 Å². The van der Waals surface area contributed by atoms with Gasteiger partial charge in [-0.3, -0.25) is 0 Å². The van der Waals surface area contributed by atoms with Gasteiger partial charge in [-0.1, -0.05) is 37.6 Å². The van der Waals surface area contributed by atoms with Gasteiger partial charge in [0.05, 0.1) is 6.04 Å². The molecule has 1 saturated heterocycles. The second kappa shape index (κ2) is 6.91. The van der Waals surface area contributed by atoms with Crippen LogP contribution in [-0.4, -0.2) is 36.7 Å². The minimum Gasteiger partial charge on any atom is -0.381 e. The predicted octanol–water partition coefficient (Wildman–Crippen LogP) is 3.44. The quantitative estimate of drug-likeness (QED) is 0.908. The third-order valence-corrected chi connectivity index (χ3v) is 5.02. The molecule has 0 spiro atoms. The summed E-state index contributed by atoms with van der Waals surface area (Å²) in [6, 6.07) is 7.15. The standard InChI is InChI=1S/C19H28N2O2/c1-13(2)18-17-5-4-14(3)12-15(17)6-9-21(18)19(22)20-16-7-10-23-11-8-16/h4-5,12-13,16,18H,6-11H2,1-3H3,(H,20,22). The van der Waals surface area contributed by atoms with Crippen LogP contribution < -0.4 is 5.32 Å². The van der Waals surface area contributed by atoms with Crippen molar-refractivity contribution < 1.29 is 9.53 Å². The third kappa shape index (κ3) is 3.52. The lowest BCUT2D eigenvalue weighted by Gasteiger charge is -2.40. The molecule has 2 aliphatic rings. The maximum Gasteiger partial charge on any atom is 0.318 e. The highest BCUT2D eigenvalue weighted by Crippen LogP contribution is 2.35. The Labute approximate surface area is 139 Å². The van der Waals surface area contributed by atoms with Crippen LogP contribution in [0.2, 0.25) is 0 Å². The molecule has 2 heterocycles. The van der Waals surface area contributed by atoms with Gasteiger partial charge in [0.25, 0.3) is 0 Å². The zero-order valence-corrected chi connectivity index (χ0v) is 14.5. The molecule has 2 amide bonds. The van der Waals surface area contributed by atoms with Crippen LogP contribution in [0, 0.1) is 12.8 Å². The van der Waals surface area contributed by atoms with E-state index in [-0.39, 0.29) is 18.1 Å². The molecule has 0 saturated carbocycles. The van der Waals surface area contributed by atoms with Crippen molar-refractivity contribution in [3.8, 4) is 0 Å². The molecule has 4 nitrogen and oxygen atoms in total. The highest BCUT2D eigenvalue weighted by atomic mass is 16.5. The molecule has 0 aliphatic carbocycles. The Hall–Kier alpha value is -1.55. The van der Waals surface area contributed by atoms with E-state index in [1.807, 2.05) is 4.90 Å². The second-order valence-corrected chi connectivity index (χ2v) is 7.17. The lowest BCUT2D eigenvalue weighted by Crippen LogP contribution is -2.51. The predicted molar refractivity (Wildman–Crippen MR) is 91.5 cm³/mol. The van der Waals surface area contributed by atoms with Gasteiger partial charge in [-0.25, -0.2) is 4.79 Å². The normalized spacial score (nSPS) is 22.1. The molecule has 23 heavy (non-hydrogen) atoms. The molecule has 1 aromatic rings. The van der Waals surface area contributed by atoms with Crippen molar-refractivity contribution in [1.82, 2.24) is 10.2 Å². The first-order valence-electron chi connectivity index (χ1n) is 8.80. The number of amides is 2. The summed E-state index contributed by atoms with van der Waals surface area (Å²) in [5.74, 6) is 0.400. The van der Waals surface area contributed by atoms with Gasteiger partial charge in [-0.2, -0.15) is 0 Å². The maximum absolute atomic E-state index is 12.8. The van der Waals surface area contributed by atoms with Gasteiger partial charge in [0.1, 0.15) is 0 Å². The highest BCUT2D eigenvalue weighted by molar-refractivity contribution is 5.75. The monoisotopic (exact) mass is 316 g/mol. The van der Waals surface area contributed by atoms with Crippen molar-refractivity contribution in [2.45, 2.75) is 52.1 Å². The fraction of sp³-hybridized carbons (Fsp3) is 0.632. The number of rotatable bonds is 2. The fourth-order valence-electron chi connectivity index (χ4n) is 3.83. The summed E-state index contributed by atoms with van der Waals surface area (Å²) in [4.78, 5) is 14.9. The molecule has 1 unspecified atom stereocenters. The van der Waals surface area contributed by atoms with Crippen molar-refractivity contribution >= 4 is 6.03 Å². The van der Waals surface area contributed by atoms with Crippen LogP contribution in [0.5, 0.6) is 0 Å². The average Bonchev–Trinajstić information content (AvgIpc) is 2.54. The molecule has 2 aliphatic heterocycles. The number of carbonyl (C=O) groups is 1. The van der Waals surface area contributed by atoms with Gasteiger partial charge in [0.15, 0.2) is 0 Å². The summed E-state index contributed by atoms with van der Waals surface area (Å²) in [5, 5.41) is 3.22. The molecule has 0 radical (unpaired) electrons. The van der Waals surface area contributed by atoms with E-state index < -0.39 is 0 Å². The van der Waals surface area contributed by atoms with Crippen molar-refractivity contribution in [3.63, 3.8) is 0 Å². The first-order valence-corrected chi connectivity index (χ1v) is 8.80. The van der Waals surface area contributed by atoms with Crippen molar-refractivity contribution in [2.75, 3.05) is 19.8 Å². The number of nitrogens with one attached hydrogen (secondary N) is 1. The van der Waals surface area contributed by atoms with Crippen LogP contribution in [0.25, 0.3) is 0 Å². The molecule has 1 fully saturated rings. The number of hydrogen-bond donors (Lipinski definition) is 1. The maximum atomic E-state index is 12.8. The summed E-state index contributed by atoms with van der Waals surface area (Å²) in [5.41, 5.74) is 4.02. The van der Waals surface area contributed by atoms with Gasteiger partial charge in [0.2, 0.25) is 0 Å². The fourth-order valence-corrected chi connectivity index (χ4v) is 3.83. The van der Waals surface area contributed by atoms with E-state index in [0.717, 1.165) is 39.0 Å². The first kappa shape index (κ1) is 16.3. The van der Waals surface area contributed by atoms with Crippen LogP contribution >= 0.6 is 0 Å². The molecule has 1 N–H and O–H groups in total. The Bertz CT molecular complexity index is 564. The zero-order valence-electron chi connectivity index (χ0n) is 14.5. The summed E-state index contributed by atoms with van der Waals surface area (Å²) in [6.07, 6.45) is 2.78. The second-order valence-electron chi connectivity index (χ2n) is 7.17. The molecule has 3 rings (SSSR count). The molecule has 4 heteroatoms. The van der Waals surface area contributed by atoms with Crippen molar-refractivity contribution in [1.29, 1.82) is 0 Å². The number of fused-ring (bicyclic) bond motifs is 1. The summed E-state index contributed by atoms with van der Waals surface area (Å²) in [7, 11) is 0. The zero-order chi connectivity index (χ0) is 16.4. The number of benzene rings is 1. The first-order chi connectivity index (χ1) is 11.1. The van der Waals surface area contributed by atoms with Gasteiger partial charge in [0, 0.05) is 25.8 Å². The average molecular weight is 316 g/mol. The number of hydrogen-bond acceptors (Lipinski definition) is 2. The number of nitrogens with zero attached hydrogens (tertiary/aromatic N) is 1. The van der Waals surface area contributed by atoms with E-state index in [1.54, 1.807) is 0 Å². The Balaban J connectivity index is 1.78. The molecule has 0 aromatic heterocycles. The molecule has 1 aromatic carbocycles. The number of urea groups is 1. The van der Waals surface area contributed by atoms with Crippen molar-refractivity contribution in [3.05, 3.63) is 34.9 Å². The number of aryl methyl sites for hydroxylation is 1. The van der Waals surface area contributed by atoms with Crippen molar-refractivity contribution in [2.24, 2.45) is 5.92 Å². The van der Waals surface area contributed by atoms with E-state index in [4.69, 9.17) is 4.74 Å². The van der Waals surface area contributed by atoms with Gasteiger partial charge < -0.3 is 15.0 Å². The molecule has 1 atom stereocenters. The highest BCUT2D eigenvalue weighted by Gasteiger charge is 2.33. The SMILES string of the molecule is Cc1ccc2c(c1)CCN(C(=O)NC1CCOCC1)C2C(C)C. The van der Waals surface area contributed by atoms with Crippen LogP contribution in [0.15, 0.2) is 18.2 Å². The van der Waals surface area contributed by atoms with E-state index in [0.29, 0.717) is 5.92 Å². The topological polar surface area (TPSA) is 41.6 Å². The van der Waals surface area contributed by atoms with Crippen LogP contribution in [0.1, 0.15) is 49.4 Å². The minimum atomic E-state index is 0.0850. The summed E-state index contributed by atoms with van der Waals surface area (Å²) < 4.78 is 5.38. The number of ether oxygens (including phenoxy) is 1. The summed E-state index contributed by atoms with van der Waals surface area (Å²) >= 11 is 0. The Morgan fingerprint density at radius 3 is 2.74 bits per heavy atom. The summed E-state index contributed by atoms with van der Waals surface area (Å²) in [6.45, 7) is 8.84. The molecule has 126 valence electrons. The Morgan fingerprint density at radius 2 is 2.04 bits per heavy atom. The molecule has 0 bridgehead atoms. The van der Waals surface area contributed by atoms with E-state index in [2.05, 4.69) is 44.3 Å². The van der Waals surface area contributed by atoms with Crippen LogP contribution in [0.4, 0.5) is 4.79 Å². The Morgan fingerprint density at radius 1 is 1.30 bits per heavy atom. The molecular weight excluding hydrogens is 288 g/mol. The largest absolute Gasteiger partial charge is 0.381 e. The lowest BCUT2D eigenvalue weighted by atomic mass is 9.85. The van der Waals surface area contributed by atoms with E-state index in [1.165, 1.54) is 16.7 Å². The smallest absolute Gasteiger partial charge is 0.318 e. The van der Waals surface area contributed by atoms with E-state index in [9.17, 15) is 4.79 Å². The van der Waals surface area contributed by atoms with Gasteiger partial charge >= 0.3 is 6.03 Å². The third-order valence-electron chi connectivity index (χ3n) is 5.02. The van der Waals surface area contributed by atoms with Gasteiger partial charge in [-0.05, 0) is 43.2 Å². The van der Waals surface area contributed by atoms with Crippen LogP contribution in [0.3, 0.4) is 0 Å². The Kier molecular flexibility index (Phi) is 4.90. The molecular formula is C19H28N2O2. The minimum absolute atomic E-state index is 0.0850. The lowest BCUT2D eigenvalue weighted by molar-refractivity contribution is 0.0755. The number of carbonyl (C=O) groups excluding carboxylic acids is 1.